The van der Waals surface area contributed by atoms with E-state index in [4.69, 9.17) is 4.74 Å². The minimum absolute atomic E-state index is 0.136. The van der Waals surface area contributed by atoms with E-state index in [0.29, 0.717) is 13.0 Å². The maximum Gasteiger partial charge on any atom is 0.226 e. The monoisotopic (exact) mass is 265 g/mol. The van der Waals surface area contributed by atoms with Crippen molar-refractivity contribution in [3.8, 4) is 0 Å². The number of benzene rings is 1. The molecule has 1 saturated heterocycles. The quantitative estimate of drug-likeness (QED) is 0.845. The average molecular weight is 265 g/mol. The van der Waals surface area contributed by atoms with Gasteiger partial charge in [-0.05, 0) is 30.5 Å². The summed E-state index contributed by atoms with van der Waals surface area (Å²) in [5, 5.41) is 0. The van der Waals surface area contributed by atoms with Crippen molar-refractivity contribution in [2.24, 2.45) is 0 Å². The molecule has 98 valence electrons. The second-order valence-electron chi connectivity index (χ2n) is 4.75. The third-order valence-electron chi connectivity index (χ3n) is 3.22. The van der Waals surface area contributed by atoms with Crippen LogP contribution < -0.4 is 0 Å². The number of likely N-dealkylation sites (N-methyl/N-ethyl adjacent to an activating group) is 1. The lowest BCUT2D eigenvalue weighted by molar-refractivity contribution is -0.130. The van der Waals surface area contributed by atoms with Gasteiger partial charge in [-0.2, -0.15) is 0 Å². The summed E-state index contributed by atoms with van der Waals surface area (Å²) in [7, 11) is 1.84. The van der Waals surface area contributed by atoms with Crippen molar-refractivity contribution >= 4 is 18.5 Å². The summed E-state index contributed by atoms with van der Waals surface area (Å²) in [6.45, 7) is 1.53. The van der Waals surface area contributed by atoms with Gasteiger partial charge in [0.15, 0.2) is 0 Å². The molecule has 1 unspecified atom stereocenters. The van der Waals surface area contributed by atoms with Crippen LogP contribution in [0.4, 0.5) is 0 Å². The minimum atomic E-state index is 0.136. The van der Waals surface area contributed by atoms with E-state index in [1.807, 2.05) is 31.3 Å². The zero-order chi connectivity index (χ0) is 13.0. The van der Waals surface area contributed by atoms with Gasteiger partial charge < -0.3 is 9.64 Å². The predicted molar refractivity (Wildman–Crippen MR) is 74.0 cm³/mol. The van der Waals surface area contributed by atoms with Crippen LogP contribution in [0.15, 0.2) is 29.2 Å². The van der Waals surface area contributed by atoms with Crippen LogP contribution >= 0.6 is 12.6 Å². The Bertz CT molecular complexity index is 399. The molecule has 1 heterocycles. The second kappa shape index (κ2) is 6.25. The molecule has 1 aromatic rings. The largest absolute Gasteiger partial charge is 0.376 e. The first-order valence-corrected chi connectivity index (χ1v) is 6.73. The Kier molecular flexibility index (Phi) is 4.66. The summed E-state index contributed by atoms with van der Waals surface area (Å²) in [4.78, 5) is 14.7. The summed E-state index contributed by atoms with van der Waals surface area (Å²) in [5.41, 5.74) is 1.02. The van der Waals surface area contributed by atoms with Crippen LogP contribution in [0.25, 0.3) is 0 Å². The highest BCUT2D eigenvalue weighted by molar-refractivity contribution is 7.80. The molecule has 4 heteroatoms. The number of amides is 1. The second-order valence-corrected chi connectivity index (χ2v) is 5.27. The van der Waals surface area contributed by atoms with Crippen molar-refractivity contribution in [3.05, 3.63) is 29.8 Å². The van der Waals surface area contributed by atoms with Crippen molar-refractivity contribution in [1.82, 2.24) is 4.90 Å². The lowest BCUT2D eigenvalue weighted by Crippen LogP contribution is -2.35. The molecule has 0 N–H and O–H groups in total. The number of hydrogen-bond acceptors (Lipinski definition) is 3. The zero-order valence-corrected chi connectivity index (χ0v) is 11.5. The van der Waals surface area contributed by atoms with Gasteiger partial charge in [0, 0.05) is 25.1 Å². The molecule has 3 nitrogen and oxygen atoms in total. The van der Waals surface area contributed by atoms with Crippen LogP contribution in [0.3, 0.4) is 0 Å². The number of thiol groups is 1. The molecule has 1 amide bonds. The number of hydrogen-bond donors (Lipinski definition) is 1. The summed E-state index contributed by atoms with van der Waals surface area (Å²) in [6, 6.07) is 7.71. The van der Waals surface area contributed by atoms with E-state index in [1.165, 1.54) is 0 Å². The molecule has 0 aliphatic carbocycles. The van der Waals surface area contributed by atoms with Gasteiger partial charge in [0.1, 0.15) is 0 Å². The number of rotatable bonds is 4. The van der Waals surface area contributed by atoms with Gasteiger partial charge >= 0.3 is 0 Å². The molecule has 1 aliphatic rings. The number of ether oxygens (including phenoxy) is 1. The molecule has 0 aromatic heterocycles. The highest BCUT2D eigenvalue weighted by atomic mass is 32.1. The highest BCUT2D eigenvalue weighted by Gasteiger charge is 2.19. The molecule has 1 aromatic carbocycles. The van der Waals surface area contributed by atoms with Crippen molar-refractivity contribution in [1.29, 1.82) is 0 Å². The number of carbonyl (C=O) groups excluding carboxylic acids is 1. The van der Waals surface area contributed by atoms with E-state index in [-0.39, 0.29) is 12.0 Å². The first-order chi connectivity index (χ1) is 8.65. The first kappa shape index (κ1) is 13.4. The van der Waals surface area contributed by atoms with Gasteiger partial charge in [0.25, 0.3) is 0 Å². The Morgan fingerprint density at radius 3 is 2.78 bits per heavy atom. The standard InChI is InChI=1S/C14H19NO2S/c1-15(10-12-3-2-8-17-12)14(16)9-11-4-6-13(18)7-5-11/h4-7,12,18H,2-3,8-10H2,1H3. The van der Waals surface area contributed by atoms with Crippen molar-refractivity contribution < 1.29 is 9.53 Å². The smallest absolute Gasteiger partial charge is 0.226 e. The molecule has 1 fully saturated rings. The fourth-order valence-corrected chi connectivity index (χ4v) is 2.27. The molecule has 1 atom stereocenters. The molecule has 18 heavy (non-hydrogen) atoms. The summed E-state index contributed by atoms with van der Waals surface area (Å²) < 4.78 is 5.54. The van der Waals surface area contributed by atoms with E-state index >= 15 is 0 Å². The maximum atomic E-state index is 12.0. The fourth-order valence-electron chi connectivity index (χ4n) is 2.12. The third kappa shape index (κ3) is 3.75. The van der Waals surface area contributed by atoms with Gasteiger partial charge in [-0.3, -0.25) is 4.79 Å². The summed E-state index contributed by atoms with van der Waals surface area (Å²) >= 11 is 4.23. The van der Waals surface area contributed by atoms with Crippen molar-refractivity contribution in [2.75, 3.05) is 20.2 Å². The van der Waals surface area contributed by atoms with Gasteiger partial charge in [0.05, 0.1) is 12.5 Å². The Morgan fingerprint density at radius 2 is 2.17 bits per heavy atom. The molecular weight excluding hydrogens is 246 g/mol. The van der Waals surface area contributed by atoms with Gasteiger partial charge in [-0.25, -0.2) is 0 Å². The fraction of sp³-hybridized carbons (Fsp3) is 0.500. The number of carbonyl (C=O) groups is 1. The number of nitrogens with zero attached hydrogens (tertiary/aromatic N) is 1. The van der Waals surface area contributed by atoms with Crippen LogP contribution in [-0.2, 0) is 16.0 Å². The van der Waals surface area contributed by atoms with Crippen molar-refractivity contribution in [3.63, 3.8) is 0 Å². The Hall–Kier alpha value is -1.00. The summed E-state index contributed by atoms with van der Waals surface area (Å²) in [5.74, 6) is 0.136. The van der Waals surface area contributed by atoms with Crippen LogP contribution in [0, 0.1) is 0 Å². The summed E-state index contributed by atoms with van der Waals surface area (Å²) in [6.07, 6.45) is 2.83. The Balaban J connectivity index is 1.84. The zero-order valence-electron chi connectivity index (χ0n) is 10.6. The lowest BCUT2D eigenvalue weighted by Gasteiger charge is -2.20. The topological polar surface area (TPSA) is 29.5 Å². The van der Waals surface area contributed by atoms with E-state index < -0.39 is 0 Å². The average Bonchev–Trinajstić information content (AvgIpc) is 2.85. The molecule has 2 rings (SSSR count). The Morgan fingerprint density at radius 1 is 1.44 bits per heavy atom. The SMILES string of the molecule is CN(CC1CCCO1)C(=O)Cc1ccc(S)cc1. The molecule has 0 bridgehead atoms. The maximum absolute atomic E-state index is 12.0. The molecule has 0 saturated carbocycles. The van der Waals surface area contributed by atoms with Crippen LogP contribution in [-0.4, -0.2) is 37.1 Å². The van der Waals surface area contributed by atoms with Gasteiger partial charge in [-0.1, -0.05) is 12.1 Å². The van der Waals surface area contributed by atoms with E-state index in [2.05, 4.69) is 12.6 Å². The third-order valence-corrected chi connectivity index (χ3v) is 3.52. The Labute approximate surface area is 114 Å². The normalized spacial score (nSPS) is 18.9. The van der Waals surface area contributed by atoms with Crippen LogP contribution in [0.2, 0.25) is 0 Å². The predicted octanol–water partition coefficient (Wildman–Crippen LogP) is 2.16. The molecule has 0 radical (unpaired) electrons. The van der Waals surface area contributed by atoms with Crippen molar-refractivity contribution in [2.45, 2.75) is 30.3 Å². The lowest BCUT2D eigenvalue weighted by atomic mass is 10.1. The van der Waals surface area contributed by atoms with Gasteiger partial charge in [0.2, 0.25) is 5.91 Å². The minimum Gasteiger partial charge on any atom is -0.376 e. The molecular formula is C14H19NO2S. The van der Waals surface area contributed by atoms with Gasteiger partial charge in [-0.15, -0.1) is 12.6 Å². The van der Waals surface area contributed by atoms with E-state index in [9.17, 15) is 4.79 Å². The first-order valence-electron chi connectivity index (χ1n) is 6.28. The molecule has 1 aliphatic heterocycles. The van der Waals surface area contributed by atoms with E-state index in [0.717, 1.165) is 29.9 Å². The van der Waals surface area contributed by atoms with E-state index in [1.54, 1.807) is 4.90 Å². The van der Waals surface area contributed by atoms with Crippen LogP contribution in [0.5, 0.6) is 0 Å². The molecule has 0 spiro atoms. The van der Waals surface area contributed by atoms with Crippen LogP contribution in [0.1, 0.15) is 18.4 Å². The highest BCUT2D eigenvalue weighted by Crippen LogP contribution is 2.14.